The third kappa shape index (κ3) is 3.98. The molecule has 170 valence electrons. The summed E-state index contributed by atoms with van der Waals surface area (Å²) < 4.78 is 56.7. The van der Waals surface area contributed by atoms with Crippen LogP contribution in [0.15, 0.2) is 48.9 Å². The topological polar surface area (TPSA) is 66.3 Å². The van der Waals surface area contributed by atoms with E-state index < -0.39 is 17.6 Å². The van der Waals surface area contributed by atoms with Gasteiger partial charge in [-0.15, -0.1) is 0 Å². The maximum Gasteiger partial charge on any atom is 0.420 e. The molecule has 0 aliphatic carbocycles. The van der Waals surface area contributed by atoms with Gasteiger partial charge < -0.3 is 4.90 Å². The average Bonchev–Trinajstić information content (AvgIpc) is 3.53. The average molecular weight is 569 g/mol. The predicted molar refractivity (Wildman–Crippen MR) is 120 cm³/mol. The Morgan fingerprint density at radius 2 is 2.03 bits per heavy atom. The first-order chi connectivity index (χ1) is 15.7. The summed E-state index contributed by atoms with van der Waals surface area (Å²) in [6.07, 6.45) is 0.409. The summed E-state index contributed by atoms with van der Waals surface area (Å²) in [6.45, 7) is 0.759. The lowest BCUT2D eigenvalue weighted by molar-refractivity contribution is -0.136. The van der Waals surface area contributed by atoms with E-state index >= 15 is 0 Å². The van der Waals surface area contributed by atoms with Gasteiger partial charge in [0.05, 0.1) is 11.8 Å². The van der Waals surface area contributed by atoms with Crippen LogP contribution in [-0.2, 0) is 6.18 Å². The fourth-order valence-electron chi connectivity index (χ4n) is 4.16. The summed E-state index contributed by atoms with van der Waals surface area (Å²) in [4.78, 5) is 18.9. The Kier molecular flexibility index (Phi) is 5.38. The molecule has 1 saturated heterocycles. The molecule has 1 fully saturated rings. The third-order valence-corrected chi connectivity index (χ3v) is 6.83. The van der Waals surface area contributed by atoms with Crippen molar-refractivity contribution in [2.75, 3.05) is 13.1 Å². The fourth-order valence-corrected chi connectivity index (χ4v) is 4.87. The molecule has 33 heavy (non-hydrogen) atoms. The van der Waals surface area contributed by atoms with Gasteiger partial charge in [-0.3, -0.25) is 14.3 Å². The Labute approximate surface area is 198 Å². The van der Waals surface area contributed by atoms with E-state index in [0.29, 0.717) is 30.6 Å². The molecule has 11 heteroatoms. The number of likely N-dealkylation sites (tertiary alicyclic amines) is 1. The molecule has 5 rings (SSSR count). The van der Waals surface area contributed by atoms with E-state index in [0.717, 1.165) is 11.6 Å². The molecule has 0 saturated carbocycles. The first-order valence-corrected chi connectivity index (χ1v) is 11.1. The zero-order valence-electron chi connectivity index (χ0n) is 16.9. The summed E-state index contributed by atoms with van der Waals surface area (Å²) in [5, 5.41) is 6.39. The van der Waals surface area contributed by atoms with Crippen molar-refractivity contribution < 1.29 is 22.4 Å². The van der Waals surface area contributed by atoms with Crippen LogP contribution in [0.2, 0.25) is 0 Å². The fraction of sp³-hybridized carbons (Fsp3) is 0.227. The number of nitrogens with zero attached hydrogens (tertiary/aromatic N) is 4. The molecule has 0 radical (unpaired) electrons. The smallest absolute Gasteiger partial charge is 0.337 e. The lowest BCUT2D eigenvalue weighted by Crippen LogP contribution is -2.29. The lowest BCUT2D eigenvalue weighted by atomic mass is 9.98. The highest BCUT2D eigenvalue weighted by Crippen LogP contribution is 2.37. The van der Waals surface area contributed by atoms with Crippen LogP contribution in [0.25, 0.3) is 16.8 Å². The van der Waals surface area contributed by atoms with Crippen LogP contribution in [0, 0.1) is 9.52 Å². The Bertz CT molecular complexity index is 1350. The van der Waals surface area contributed by atoms with Crippen LogP contribution < -0.4 is 0 Å². The second-order valence-electron chi connectivity index (χ2n) is 7.86. The molecule has 4 heterocycles. The number of aromatic nitrogens is 4. The van der Waals surface area contributed by atoms with Crippen molar-refractivity contribution in [3.63, 3.8) is 0 Å². The van der Waals surface area contributed by atoms with Crippen molar-refractivity contribution in [3.8, 4) is 11.1 Å². The number of fused-ring (bicyclic) bond motifs is 1. The number of carbonyl (C=O) groups is 1. The first-order valence-electron chi connectivity index (χ1n) is 10.0. The van der Waals surface area contributed by atoms with Gasteiger partial charge in [-0.25, -0.2) is 9.37 Å². The zero-order valence-corrected chi connectivity index (χ0v) is 19.1. The third-order valence-electron chi connectivity index (χ3n) is 5.80. The molecule has 1 unspecified atom stereocenters. The number of carbonyl (C=O) groups excluding carboxylic acids is 1. The standard InChI is InChI=1S/C22H16F4IN5O/c23-16-3-1-2-12(6-16)13-4-5-31(10-13)21(33)18-19(27)32-11-14(15-8-28-29-9-15)7-17(20(32)30-18)22(24,25)26/h1-3,6-9,11,13H,4-5,10H2,(H,28,29). The van der Waals surface area contributed by atoms with Gasteiger partial charge in [0.2, 0.25) is 0 Å². The van der Waals surface area contributed by atoms with E-state index in [-0.39, 0.29) is 26.8 Å². The largest absolute Gasteiger partial charge is 0.420 e. The van der Waals surface area contributed by atoms with Gasteiger partial charge in [0.1, 0.15) is 9.52 Å². The van der Waals surface area contributed by atoms with Crippen molar-refractivity contribution in [1.82, 2.24) is 24.5 Å². The Balaban J connectivity index is 1.52. The van der Waals surface area contributed by atoms with Crippen LogP contribution in [0.3, 0.4) is 0 Å². The number of hydrogen-bond acceptors (Lipinski definition) is 3. The maximum atomic E-state index is 13.8. The van der Waals surface area contributed by atoms with Crippen LogP contribution in [0.1, 0.15) is 34.0 Å². The van der Waals surface area contributed by atoms with Gasteiger partial charge in [0, 0.05) is 42.5 Å². The monoisotopic (exact) mass is 569 g/mol. The number of H-pyrrole nitrogens is 1. The van der Waals surface area contributed by atoms with Crippen molar-refractivity contribution in [3.05, 3.63) is 75.3 Å². The summed E-state index contributed by atoms with van der Waals surface area (Å²) in [7, 11) is 0. The normalized spacial score (nSPS) is 16.6. The molecule has 6 nitrogen and oxygen atoms in total. The second kappa shape index (κ2) is 8.12. The zero-order chi connectivity index (χ0) is 23.3. The summed E-state index contributed by atoms with van der Waals surface area (Å²) in [6, 6.07) is 7.24. The van der Waals surface area contributed by atoms with Crippen LogP contribution >= 0.6 is 22.6 Å². The number of benzene rings is 1. The minimum atomic E-state index is -4.66. The molecule has 1 N–H and O–H groups in total. The van der Waals surface area contributed by atoms with Crippen molar-refractivity contribution in [1.29, 1.82) is 0 Å². The Morgan fingerprint density at radius 1 is 1.21 bits per heavy atom. The van der Waals surface area contributed by atoms with E-state index in [1.54, 1.807) is 11.0 Å². The molecule has 0 bridgehead atoms. The molecule has 4 aromatic rings. The number of aromatic amines is 1. The molecule has 1 aliphatic rings. The van der Waals surface area contributed by atoms with E-state index in [2.05, 4.69) is 15.2 Å². The van der Waals surface area contributed by atoms with Gasteiger partial charge in [-0.2, -0.15) is 18.3 Å². The predicted octanol–water partition coefficient (Wildman–Crippen LogP) is 5.12. The van der Waals surface area contributed by atoms with Gasteiger partial charge >= 0.3 is 6.18 Å². The summed E-state index contributed by atoms with van der Waals surface area (Å²) >= 11 is 1.85. The van der Waals surface area contributed by atoms with Gasteiger partial charge in [0.15, 0.2) is 11.3 Å². The number of rotatable bonds is 3. The van der Waals surface area contributed by atoms with E-state index in [9.17, 15) is 22.4 Å². The number of hydrogen-bond donors (Lipinski definition) is 1. The van der Waals surface area contributed by atoms with E-state index in [1.165, 1.54) is 35.1 Å². The number of nitrogens with one attached hydrogen (secondary N) is 1. The highest BCUT2D eigenvalue weighted by molar-refractivity contribution is 14.1. The highest BCUT2D eigenvalue weighted by Gasteiger charge is 2.37. The first kappa shape index (κ1) is 21.9. The van der Waals surface area contributed by atoms with Crippen LogP contribution in [0.5, 0.6) is 0 Å². The SMILES string of the molecule is O=C(c1nc2c(C(F)(F)F)cc(-c3cn[nH]c3)cn2c1I)N1CCC(c2cccc(F)c2)C1. The summed E-state index contributed by atoms with van der Waals surface area (Å²) in [5.41, 5.74) is 0.271. The molecule has 1 aromatic carbocycles. The molecule has 3 aromatic heterocycles. The Morgan fingerprint density at radius 3 is 2.73 bits per heavy atom. The van der Waals surface area contributed by atoms with Gasteiger partial charge in [-0.1, -0.05) is 12.1 Å². The number of halogens is 5. The molecular weight excluding hydrogens is 553 g/mol. The highest BCUT2D eigenvalue weighted by atomic mass is 127. The minimum Gasteiger partial charge on any atom is -0.337 e. The lowest BCUT2D eigenvalue weighted by Gasteiger charge is -2.15. The number of imidazole rings is 1. The van der Waals surface area contributed by atoms with Gasteiger partial charge in [-0.05, 0) is 52.8 Å². The molecule has 1 amide bonds. The van der Waals surface area contributed by atoms with Crippen molar-refractivity contribution in [2.24, 2.45) is 0 Å². The van der Waals surface area contributed by atoms with Crippen molar-refractivity contribution >= 4 is 34.1 Å². The molecule has 1 aliphatic heterocycles. The molecule has 0 spiro atoms. The van der Waals surface area contributed by atoms with Crippen LogP contribution in [-0.4, -0.2) is 43.5 Å². The number of alkyl halides is 3. The minimum absolute atomic E-state index is 0.0367. The second-order valence-corrected chi connectivity index (χ2v) is 8.89. The number of pyridine rings is 1. The van der Waals surface area contributed by atoms with E-state index in [4.69, 9.17) is 0 Å². The summed E-state index contributed by atoms with van der Waals surface area (Å²) in [5.74, 6) is -0.835. The Hall–Kier alpha value is -2.96. The van der Waals surface area contributed by atoms with Crippen LogP contribution in [0.4, 0.5) is 17.6 Å². The molecule has 1 atom stereocenters. The number of amides is 1. The quantitative estimate of drug-likeness (QED) is 0.276. The van der Waals surface area contributed by atoms with E-state index in [1.807, 2.05) is 28.7 Å². The maximum absolute atomic E-state index is 13.8. The van der Waals surface area contributed by atoms with Gasteiger partial charge in [0.25, 0.3) is 5.91 Å². The van der Waals surface area contributed by atoms with Crippen molar-refractivity contribution in [2.45, 2.75) is 18.5 Å². The molecular formula is C22H16F4IN5O.